The van der Waals surface area contributed by atoms with Crippen LogP contribution in [0.25, 0.3) is 33.8 Å². The van der Waals surface area contributed by atoms with Crippen molar-refractivity contribution in [2.24, 2.45) is 21.1 Å². The molecule has 120 heavy (non-hydrogen) atoms. The van der Waals surface area contributed by atoms with Gasteiger partial charge in [0.2, 0.25) is 70.3 Å². The standard InChI is InChI=1S/3C29H34N8O3/c3*1-29(2,3)27-34-26(35-40-27)25(38)12-18-8-10-37(22-16-39-17-22)14-20-11-19(5-6-23(18)20)24-7-9-30-28(33-24)32-21-13-31-36(4)15-21/h3*5-7,9,11,13,15,18,22H,8,10,12,14,16-17H2,1-4H3,(H,30,32,33)/t2*18-;/m10./s1. The van der Waals surface area contributed by atoms with Crippen molar-refractivity contribution in [3.8, 4) is 33.8 Å². The Balaban J connectivity index is 0.000000134. The highest BCUT2D eigenvalue weighted by atomic mass is 16.5. The minimum absolute atomic E-state index is 0.0485. The second kappa shape index (κ2) is 34.8. The SMILES string of the molecule is Cn1cc(Nc2nccc(-c3ccc4c(c3)CN(C3COC3)CCC4CC(=O)c3noc(C(C)(C)C)n3)n2)cn1.Cn1cc(Nc2nccc(-c3ccc4c(c3)CN(C3COC3)CC[C@@H]4CC(=O)c3noc(C(C)(C)C)n3)n2)cn1.Cn1cc(Nc2nccc(-c3ccc4c(c3)CN(C3COC3)CC[C@H]4CC(=O)c3noc(C(C)(C)C)n3)n2)cn1. The van der Waals surface area contributed by atoms with Crippen LogP contribution in [0.5, 0.6) is 0 Å². The van der Waals surface area contributed by atoms with E-state index in [1.54, 1.807) is 51.2 Å². The molecule has 0 saturated carbocycles. The lowest BCUT2D eigenvalue weighted by Gasteiger charge is -2.36. The van der Waals surface area contributed by atoms with Gasteiger partial charge in [0.15, 0.2) is 0 Å². The van der Waals surface area contributed by atoms with Crippen molar-refractivity contribution in [2.75, 3.05) is 75.2 Å². The van der Waals surface area contributed by atoms with Crippen LogP contribution in [-0.2, 0) is 71.2 Å². The molecule has 33 nitrogen and oxygen atoms in total. The molecule has 3 aromatic carbocycles. The number of rotatable bonds is 21. The summed E-state index contributed by atoms with van der Waals surface area (Å²) in [6.07, 6.45) is 19.7. The number of ether oxygens (including phenoxy) is 3. The van der Waals surface area contributed by atoms with E-state index in [1.165, 1.54) is 33.4 Å². The summed E-state index contributed by atoms with van der Waals surface area (Å²) in [6, 6.07) is 26.2. The Morgan fingerprint density at radius 2 is 0.675 bits per heavy atom. The third-order valence-corrected chi connectivity index (χ3v) is 22.6. The molecule has 3 saturated heterocycles. The van der Waals surface area contributed by atoms with Crippen LogP contribution in [0.4, 0.5) is 34.9 Å². The number of carbonyl (C=O) groups excluding carboxylic acids is 3. The first-order valence-electron chi connectivity index (χ1n) is 40.9. The van der Waals surface area contributed by atoms with Crippen LogP contribution in [0.1, 0.15) is 202 Å². The molecule has 6 aliphatic heterocycles. The molecule has 33 heteroatoms. The van der Waals surface area contributed by atoms with E-state index in [0.717, 1.165) is 149 Å². The first-order chi connectivity index (χ1) is 57.7. The molecule has 0 amide bonds. The normalized spacial score (nSPS) is 18.1. The topological polar surface area (TPSA) is 372 Å². The van der Waals surface area contributed by atoms with Crippen LogP contribution in [-0.4, -0.2) is 199 Å². The van der Waals surface area contributed by atoms with Gasteiger partial charge in [0.05, 0.1) is 111 Å². The monoisotopic (exact) mass is 1630 g/mol. The van der Waals surface area contributed by atoms with E-state index in [0.29, 0.717) is 72.9 Å². The Hall–Kier alpha value is -11.9. The summed E-state index contributed by atoms with van der Waals surface area (Å²) in [6.45, 7) is 27.4. The number of aromatic nitrogens is 18. The molecule has 0 aliphatic carbocycles. The first-order valence-corrected chi connectivity index (χ1v) is 40.9. The Bertz CT molecular complexity index is 5090. The van der Waals surface area contributed by atoms with Gasteiger partial charge in [0, 0.05) is 130 Å². The Labute approximate surface area is 695 Å². The molecule has 6 aliphatic rings. The van der Waals surface area contributed by atoms with Crippen LogP contribution in [0.2, 0.25) is 0 Å². The minimum Gasteiger partial charge on any atom is -0.378 e. The number of hydrogen-bond donors (Lipinski definition) is 3. The third kappa shape index (κ3) is 19.4. The number of nitrogens with one attached hydrogen (secondary N) is 3. The highest BCUT2D eigenvalue weighted by molar-refractivity contribution is 5.94. The summed E-state index contributed by atoms with van der Waals surface area (Å²) >= 11 is 0. The van der Waals surface area contributed by atoms with Gasteiger partial charge in [0.25, 0.3) is 0 Å². The molecule has 9 aromatic heterocycles. The molecular weight excluding hydrogens is 1530 g/mol. The van der Waals surface area contributed by atoms with Crippen molar-refractivity contribution in [1.29, 1.82) is 0 Å². The maximum Gasteiger partial charge on any atom is 0.238 e. The number of carbonyl (C=O) groups is 3. The average Bonchev–Trinajstić information content (AvgIpc) is 1.57. The fourth-order valence-electron chi connectivity index (χ4n) is 15.6. The van der Waals surface area contributed by atoms with E-state index in [4.69, 9.17) is 42.7 Å². The number of benzene rings is 3. The maximum atomic E-state index is 13.3. The molecule has 12 aromatic rings. The minimum atomic E-state index is -0.309. The number of fused-ring (bicyclic) bond motifs is 3. The molecule has 15 heterocycles. The Morgan fingerprint density at radius 3 is 0.908 bits per heavy atom. The predicted molar refractivity (Wildman–Crippen MR) is 445 cm³/mol. The molecule has 3 N–H and O–H groups in total. The lowest BCUT2D eigenvalue weighted by Crippen LogP contribution is -2.48. The lowest BCUT2D eigenvalue weighted by atomic mass is 9.87. The summed E-state index contributed by atoms with van der Waals surface area (Å²) in [7, 11) is 5.59. The van der Waals surface area contributed by atoms with Crippen LogP contribution in [0.3, 0.4) is 0 Å². The summed E-state index contributed by atoms with van der Waals surface area (Å²) < 4.78 is 37.8. The quantitative estimate of drug-likeness (QED) is 0.0562. The summed E-state index contributed by atoms with van der Waals surface area (Å²) in [4.78, 5) is 87.9. The van der Waals surface area contributed by atoms with Crippen molar-refractivity contribution in [3.05, 3.63) is 197 Å². The van der Waals surface area contributed by atoms with Gasteiger partial charge in [-0.25, -0.2) is 29.9 Å². The zero-order valence-electron chi connectivity index (χ0n) is 69.9. The average molecular weight is 1630 g/mol. The summed E-state index contributed by atoms with van der Waals surface area (Å²) in [5.41, 5.74) is 14.1. The summed E-state index contributed by atoms with van der Waals surface area (Å²) in [5, 5.41) is 34.2. The number of nitrogens with zero attached hydrogens (tertiary/aromatic N) is 21. The van der Waals surface area contributed by atoms with E-state index in [1.807, 2.05) is 120 Å². The maximum absolute atomic E-state index is 13.3. The zero-order valence-corrected chi connectivity index (χ0v) is 69.9. The fourth-order valence-corrected chi connectivity index (χ4v) is 15.6. The van der Waals surface area contributed by atoms with Gasteiger partial charge in [-0.2, -0.15) is 30.2 Å². The second-order valence-electron chi connectivity index (χ2n) is 35.0. The number of aryl methyl sites for hydroxylation is 3. The number of Topliss-reactive ketones (excluding diaryl/α,β-unsaturated/α-hetero) is 3. The largest absolute Gasteiger partial charge is 0.378 e. The highest BCUT2D eigenvalue weighted by Gasteiger charge is 2.38. The Morgan fingerprint density at radius 1 is 0.392 bits per heavy atom. The molecular formula is C87H102N24O9. The number of ketones is 3. The van der Waals surface area contributed by atoms with E-state index in [2.05, 4.69) is 146 Å². The molecule has 624 valence electrons. The van der Waals surface area contributed by atoms with Crippen molar-refractivity contribution in [3.63, 3.8) is 0 Å². The van der Waals surface area contributed by atoms with Gasteiger partial charge in [-0.15, -0.1) is 0 Å². The molecule has 0 radical (unpaired) electrons. The smallest absolute Gasteiger partial charge is 0.238 e. The van der Waals surface area contributed by atoms with Gasteiger partial charge in [0.1, 0.15) is 0 Å². The second-order valence-corrected chi connectivity index (χ2v) is 35.0. The fraction of sp³-hybridized carbons (Fsp3) is 0.448. The molecule has 3 atom stereocenters. The molecule has 0 bridgehead atoms. The van der Waals surface area contributed by atoms with Crippen LogP contribution in [0.15, 0.2) is 142 Å². The number of hydrogen-bond acceptors (Lipinski definition) is 30. The van der Waals surface area contributed by atoms with Crippen molar-refractivity contribution < 1.29 is 42.2 Å². The van der Waals surface area contributed by atoms with Crippen LogP contribution in [0, 0.1) is 0 Å². The van der Waals surface area contributed by atoms with E-state index in [9.17, 15) is 14.4 Å². The van der Waals surface area contributed by atoms with Crippen molar-refractivity contribution >= 4 is 52.3 Å². The molecule has 3 fully saturated rings. The van der Waals surface area contributed by atoms with Gasteiger partial charge >= 0.3 is 0 Å². The van der Waals surface area contributed by atoms with Crippen LogP contribution < -0.4 is 16.0 Å². The van der Waals surface area contributed by atoms with Gasteiger partial charge < -0.3 is 43.7 Å². The molecule has 1 unspecified atom stereocenters. The van der Waals surface area contributed by atoms with Gasteiger partial charge in [-0.3, -0.25) is 43.1 Å². The van der Waals surface area contributed by atoms with E-state index >= 15 is 0 Å². The number of anilines is 6. The summed E-state index contributed by atoms with van der Waals surface area (Å²) in [5.74, 6) is 3.27. The lowest BCUT2D eigenvalue weighted by molar-refractivity contribution is -0.0677. The molecule has 18 rings (SSSR count). The van der Waals surface area contributed by atoms with Crippen LogP contribution >= 0.6 is 0 Å². The van der Waals surface area contributed by atoms with Crippen molar-refractivity contribution in [1.82, 2.24) is 104 Å². The molecule has 0 spiro atoms. The van der Waals surface area contributed by atoms with E-state index < -0.39 is 0 Å². The van der Waals surface area contributed by atoms with Gasteiger partial charge in [-0.1, -0.05) is 114 Å². The predicted octanol–water partition coefficient (Wildman–Crippen LogP) is 12.8. The first kappa shape index (κ1) is 81.8. The van der Waals surface area contributed by atoms with Crippen molar-refractivity contribution in [2.45, 2.75) is 173 Å². The Kier molecular flexibility index (Phi) is 23.8. The zero-order chi connectivity index (χ0) is 83.6. The highest BCUT2D eigenvalue weighted by Crippen LogP contribution is 2.41. The van der Waals surface area contributed by atoms with E-state index in [-0.39, 0.29) is 68.8 Å². The van der Waals surface area contributed by atoms with Gasteiger partial charge in [-0.05, 0) is 126 Å². The third-order valence-electron chi connectivity index (χ3n) is 22.6.